The first kappa shape index (κ1) is 15.5. The number of rotatable bonds is 8. The van der Waals surface area contributed by atoms with Gasteiger partial charge in [0.25, 0.3) is 0 Å². The van der Waals surface area contributed by atoms with Crippen LogP contribution in [0.3, 0.4) is 0 Å². The Morgan fingerprint density at radius 1 is 1.42 bits per heavy atom. The number of ether oxygens (including phenoxy) is 1. The number of methoxy groups -OCH3 is 1. The lowest BCUT2D eigenvalue weighted by Gasteiger charge is -2.07. The average Bonchev–Trinajstić information content (AvgIpc) is 2.70. The Kier molecular flexibility index (Phi) is 6.35. The van der Waals surface area contributed by atoms with Crippen molar-refractivity contribution in [1.29, 1.82) is 0 Å². The maximum absolute atomic E-state index is 11.8. The fourth-order valence-electron chi connectivity index (χ4n) is 1.97. The highest BCUT2D eigenvalue weighted by Crippen LogP contribution is 2.18. The van der Waals surface area contributed by atoms with Gasteiger partial charge in [-0.1, -0.05) is 13.8 Å². The first-order valence-electron chi connectivity index (χ1n) is 6.73. The molecule has 6 nitrogen and oxygen atoms in total. The normalized spacial score (nSPS) is 10.7. The van der Waals surface area contributed by atoms with E-state index >= 15 is 0 Å². The van der Waals surface area contributed by atoms with Crippen molar-refractivity contribution in [1.82, 2.24) is 15.1 Å². The third-order valence-corrected chi connectivity index (χ3v) is 2.99. The number of carbonyl (C=O) groups excluding carboxylic acids is 1. The summed E-state index contributed by atoms with van der Waals surface area (Å²) in [6.07, 6.45) is 2.36. The van der Waals surface area contributed by atoms with E-state index in [0.29, 0.717) is 13.2 Å². The summed E-state index contributed by atoms with van der Waals surface area (Å²) in [5.74, 6) is -0.0454. The minimum atomic E-state index is -0.0454. The van der Waals surface area contributed by atoms with Gasteiger partial charge in [-0.2, -0.15) is 5.10 Å². The average molecular weight is 268 g/mol. The van der Waals surface area contributed by atoms with Crippen LogP contribution in [0.15, 0.2) is 0 Å². The first-order valence-corrected chi connectivity index (χ1v) is 6.73. The summed E-state index contributed by atoms with van der Waals surface area (Å²) in [5, 5.41) is 7.23. The lowest BCUT2D eigenvalue weighted by Crippen LogP contribution is -2.30. The van der Waals surface area contributed by atoms with E-state index in [0.717, 1.165) is 36.3 Å². The van der Waals surface area contributed by atoms with Crippen LogP contribution in [-0.4, -0.2) is 35.9 Å². The number of nitrogens with zero attached hydrogens (tertiary/aromatic N) is 2. The van der Waals surface area contributed by atoms with E-state index in [2.05, 4.69) is 10.4 Å². The summed E-state index contributed by atoms with van der Waals surface area (Å²) < 4.78 is 6.63. The second-order valence-electron chi connectivity index (χ2n) is 4.37. The summed E-state index contributed by atoms with van der Waals surface area (Å²) in [6.45, 7) is 5.51. The summed E-state index contributed by atoms with van der Waals surface area (Å²) in [6, 6.07) is 0. The molecule has 1 aromatic heterocycles. The van der Waals surface area contributed by atoms with Crippen LogP contribution < -0.4 is 11.1 Å². The molecule has 3 N–H and O–H groups in total. The topological polar surface area (TPSA) is 82.2 Å². The van der Waals surface area contributed by atoms with E-state index in [-0.39, 0.29) is 12.5 Å². The van der Waals surface area contributed by atoms with Crippen molar-refractivity contribution in [2.75, 3.05) is 26.0 Å². The van der Waals surface area contributed by atoms with Crippen molar-refractivity contribution >= 4 is 11.6 Å². The Balaban J connectivity index is 2.58. The molecule has 1 rings (SSSR count). The molecular weight excluding hydrogens is 244 g/mol. The smallest absolute Gasteiger partial charge is 0.241 e. The molecule has 0 bridgehead atoms. The van der Waals surface area contributed by atoms with Gasteiger partial charge in [0.2, 0.25) is 5.91 Å². The van der Waals surface area contributed by atoms with Gasteiger partial charge in [0.15, 0.2) is 0 Å². The third-order valence-electron chi connectivity index (χ3n) is 2.99. The molecule has 0 fully saturated rings. The molecule has 0 aliphatic rings. The summed E-state index contributed by atoms with van der Waals surface area (Å²) >= 11 is 0. The molecule has 6 heteroatoms. The van der Waals surface area contributed by atoms with Crippen molar-refractivity contribution in [2.24, 2.45) is 0 Å². The summed E-state index contributed by atoms with van der Waals surface area (Å²) in [5.41, 5.74) is 8.53. The number of nitrogen functional groups attached to an aromatic ring is 1. The number of amides is 1. The molecule has 0 saturated carbocycles. The number of anilines is 1. The Bertz CT molecular complexity index is 415. The monoisotopic (exact) mass is 268 g/mol. The van der Waals surface area contributed by atoms with Gasteiger partial charge in [-0.05, 0) is 19.3 Å². The molecule has 1 amide bonds. The number of carbonyl (C=O) groups is 1. The standard InChI is InChI=1S/C13H24N4O2/c1-4-10-13(14)11(5-2)17(16-10)9-12(18)15-7-6-8-19-3/h4-9,14H2,1-3H3,(H,15,18). The van der Waals surface area contributed by atoms with E-state index in [4.69, 9.17) is 10.5 Å². The molecule has 1 aromatic rings. The number of aryl methyl sites for hydroxylation is 1. The van der Waals surface area contributed by atoms with Gasteiger partial charge in [-0.3, -0.25) is 9.48 Å². The van der Waals surface area contributed by atoms with Crippen molar-refractivity contribution in [2.45, 2.75) is 39.7 Å². The van der Waals surface area contributed by atoms with E-state index in [1.807, 2.05) is 13.8 Å². The predicted octanol–water partition coefficient (Wildman–Crippen LogP) is 0.743. The summed E-state index contributed by atoms with van der Waals surface area (Å²) in [7, 11) is 1.65. The first-order chi connectivity index (χ1) is 9.13. The molecule has 19 heavy (non-hydrogen) atoms. The molecule has 0 spiro atoms. The van der Waals surface area contributed by atoms with Crippen molar-refractivity contribution in [3.63, 3.8) is 0 Å². The maximum atomic E-state index is 11.8. The Hall–Kier alpha value is -1.56. The van der Waals surface area contributed by atoms with Crippen LogP contribution >= 0.6 is 0 Å². The number of aromatic nitrogens is 2. The minimum Gasteiger partial charge on any atom is -0.396 e. The fraction of sp³-hybridized carbons (Fsp3) is 0.692. The fourth-order valence-corrected chi connectivity index (χ4v) is 1.97. The van der Waals surface area contributed by atoms with Gasteiger partial charge in [0.1, 0.15) is 6.54 Å². The van der Waals surface area contributed by atoms with Gasteiger partial charge in [-0.15, -0.1) is 0 Å². The van der Waals surface area contributed by atoms with E-state index in [9.17, 15) is 4.79 Å². The van der Waals surface area contributed by atoms with Crippen molar-refractivity contribution < 1.29 is 9.53 Å². The van der Waals surface area contributed by atoms with Crippen LogP contribution in [0.25, 0.3) is 0 Å². The zero-order valence-corrected chi connectivity index (χ0v) is 12.0. The number of nitrogens with two attached hydrogens (primary N) is 1. The number of hydrogen-bond donors (Lipinski definition) is 2. The molecule has 0 aliphatic carbocycles. The van der Waals surface area contributed by atoms with Crippen LogP contribution in [0, 0.1) is 0 Å². The number of nitrogens with one attached hydrogen (secondary N) is 1. The second-order valence-corrected chi connectivity index (χ2v) is 4.37. The molecule has 0 saturated heterocycles. The Labute approximate surface area is 114 Å². The molecule has 0 unspecified atom stereocenters. The Morgan fingerprint density at radius 2 is 2.16 bits per heavy atom. The van der Waals surface area contributed by atoms with Gasteiger partial charge >= 0.3 is 0 Å². The second kappa shape index (κ2) is 7.78. The van der Waals surface area contributed by atoms with Crippen molar-refractivity contribution in [3.05, 3.63) is 11.4 Å². The zero-order valence-electron chi connectivity index (χ0n) is 12.0. The third kappa shape index (κ3) is 4.24. The molecule has 0 aliphatic heterocycles. The maximum Gasteiger partial charge on any atom is 0.241 e. The Morgan fingerprint density at radius 3 is 2.74 bits per heavy atom. The van der Waals surface area contributed by atoms with Crippen LogP contribution in [0.5, 0.6) is 0 Å². The molecule has 0 atom stereocenters. The largest absolute Gasteiger partial charge is 0.396 e. The summed E-state index contributed by atoms with van der Waals surface area (Å²) in [4.78, 5) is 11.8. The van der Waals surface area contributed by atoms with E-state index < -0.39 is 0 Å². The van der Waals surface area contributed by atoms with Crippen LogP contribution in [0.4, 0.5) is 5.69 Å². The SMILES string of the molecule is CCc1nn(CC(=O)NCCCOC)c(CC)c1N. The van der Waals surface area contributed by atoms with E-state index in [1.165, 1.54) is 0 Å². The van der Waals surface area contributed by atoms with Crippen LogP contribution in [-0.2, 0) is 28.9 Å². The van der Waals surface area contributed by atoms with Gasteiger partial charge in [0.05, 0.1) is 17.1 Å². The molecule has 0 radical (unpaired) electrons. The minimum absolute atomic E-state index is 0.0454. The molecular formula is C13H24N4O2. The lowest BCUT2D eigenvalue weighted by molar-refractivity contribution is -0.121. The van der Waals surface area contributed by atoms with Crippen LogP contribution in [0.1, 0.15) is 31.7 Å². The highest BCUT2D eigenvalue weighted by atomic mass is 16.5. The van der Waals surface area contributed by atoms with Gasteiger partial charge in [0, 0.05) is 20.3 Å². The van der Waals surface area contributed by atoms with Crippen molar-refractivity contribution in [3.8, 4) is 0 Å². The molecule has 0 aromatic carbocycles. The molecule has 1 heterocycles. The van der Waals surface area contributed by atoms with E-state index in [1.54, 1.807) is 11.8 Å². The quantitative estimate of drug-likeness (QED) is 0.681. The predicted molar refractivity (Wildman–Crippen MR) is 74.9 cm³/mol. The van der Waals surface area contributed by atoms with Gasteiger partial charge < -0.3 is 15.8 Å². The van der Waals surface area contributed by atoms with Gasteiger partial charge in [-0.25, -0.2) is 0 Å². The van der Waals surface area contributed by atoms with Crippen LogP contribution in [0.2, 0.25) is 0 Å². The zero-order chi connectivity index (χ0) is 14.3. The number of hydrogen-bond acceptors (Lipinski definition) is 4. The highest BCUT2D eigenvalue weighted by molar-refractivity contribution is 5.75. The highest BCUT2D eigenvalue weighted by Gasteiger charge is 2.14. The molecule has 108 valence electrons. The lowest BCUT2D eigenvalue weighted by atomic mass is 10.2.